The van der Waals surface area contributed by atoms with Crippen LogP contribution in [0.2, 0.25) is 0 Å². The average molecular weight is 322 g/mol. The summed E-state index contributed by atoms with van der Waals surface area (Å²) in [6, 6.07) is 0. The average Bonchev–Trinajstić information content (AvgIpc) is 3.37. The van der Waals surface area contributed by atoms with Crippen LogP contribution in [0.3, 0.4) is 0 Å². The molecule has 0 aromatic carbocycles. The van der Waals surface area contributed by atoms with E-state index in [4.69, 9.17) is 0 Å². The first-order valence-corrected chi connectivity index (χ1v) is 9.79. The summed E-state index contributed by atoms with van der Waals surface area (Å²) >= 11 is 0. The maximum Gasteiger partial charge on any atom is 0.229 e. The fraction of sp³-hybridized carbons (Fsp3) is 0.947. The Labute approximate surface area is 142 Å². The molecule has 2 aliphatic heterocycles. The molecule has 2 saturated heterocycles. The zero-order valence-corrected chi connectivity index (χ0v) is 15.4. The van der Waals surface area contributed by atoms with Crippen molar-refractivity contribution in [3.05, 3.63) is 0 Å². The Balaban J connectivity index is 1.42. The summed E-state index contributed by atoms with van der Waals surface area (Å²) in [6.45, 7) is 15.7. The SMILES string of the molecule is CCN1CCC(CN2CCN(C(=O)C3(C(C)C)CC3)CC2)CC1. The van der Waals surface area contributed by atoms with Gasteiger partial charge >= 0.3 is 0 Å². The number of nitrogens with zero attached hydrogens (tertiary/aromatic N) is 3. The lowest BCUT2D eigenvalue weighted by atomic mass is 9.90. The Kier molecular flexibility index (Phi) is 5.32. The van der Waals surface area contributed by atoms with Crippen LogP contribution in [0, 0.1) is 17.3 Å². The van der Waals surface area contributed by atoms with Crippen LogP contribution in [-0.4, -0.2) is 73.0 Å². The molecule has 0 spiro atoms. The van der Waals surface area contributed by atoms with Gasteiger partial charge in [-0.05, 0) is 57.2 Å². The number of piperidine rings is 1. The number of hydrogen-bond donors (Lipinski definition) is 0. The van der Waals surface area contributed by atoms with Gasteiger partial charge < -0.3 is 9.80 Å². The molecule has 3 fully saturated rings. The molecule has 1 saturated carbocycles. The zero-order chi connectivity index (χ0) is 16.4. The summed E-state index contributed by atoms with van der Waals surface area (Å²) in [5.41, 5.74) is 0.00908. The van der Waals surface area contributed by atoms with E-state index < -0.39 is 0 Å². The highest BCUT2D eigenvalue weighted by Crippen LogP contribution is 2.53. The molecule has 2 heterocycles. The van der Waals surface area contributed by atoms with E-state index in [1.165, 1.54) is 39.0 Å². The second-order valence-electron chi connectivity index (χ2n) is 8.28. The number of likely N-dealkylation sites (tertiary alicyclic amines) is 1. The molecule has 23 heavy (non-hydrogen) atoms. The van der Waals surface area contributed by atoms with Gasteiger partial charge in [0.2, 0.25) is 5.91 Å². The Morgan fingerprint density at radius 3 is 2.09 bits per heavy atom. The smallest absolute Gasteiger partial charge is 0.229 e. The van der Waals surface area contributed by atoms with Crippen LogP contribution in [0.1, 0.15) is 46.5 Å². The number of rotatable bonds is 5. The lowest BCUT2D eigenvalue weighted by Gasteiger charge is -2.40. The van der Waals surface area contributed by atoms with Gasteiger partial charge in [0.15, 0.2) is 0 Å². The highest BCUT2D eigenvalue weighted by Gasteiger charge is 2.53. The van der Waals surface area contributed by atoms with Gasteiger partial charge in [0, 0.05) is 32.7 Å². The van der Waals surface area contributed by atoms with Gasteiger partial charge in [-0.3, -0.25) is 9.69 Å². The molecule has 0 atom stereocenters. The van der Waals surface area contributed by atoms with E-state index in [1.807, 2.05) is 0 Å². The summed E-state index contributed by atoms with van der Waals surface area (Å²) in [4.78, 5) is 20.1. The van der Waals surface area contributed by atoms with Crippen LogP contribution in [-0.2, 0) is 4.79 Å². The van der Waals surface area contributed by atoms with Crippen molar-refractivity contribution in [3.63, 3.8) is 0 Å². The monoisotopic (exact) mass is 321 g/mol. The number of amides is 1. The van der Waals surface area contributed by atoms with Gasteiger partial charge in [-0.2, -0.15) is 0 Å². The van der Waals surface area contributed by atoms with E-state index in [0.29, 0.717) is 11.8 Å². The van der Waals surface area contributed by atoms with E-state index in [9.17, 15) is 4.79 Å². The Morgan fingerprint density at radius 2 is 1.61 bits per heavy atom. The van der Waals surface area contributed by atoms with Gasteiger partial charge in [0.05, 0.1) is 5.41 Å². The van der Waals surface area contributed by atoms with Gasteiger partial charge in [0.1, 0.15) is 0 Å². The molecule has 0 N–H and O–H groups in total. The van der Waals surface area contributed by atoms with Crippen molar-refractivity contribution in [3.8, 4) is 0 Å². The van der Waals surface area contributed by atoms with E-state index in [1.54, 1.807) is 0 Å². The first kappa shape index (κ1) is 17.2. The number of carbonyl (C=O) groups excluding carboxylic acids is 1. The van der Waals surface area contributed by atoms with E-state index in [2.05, 4.69) is 35.5 Å². The molecule has 4 heteroatoms. The van der Waals surface area contributed by atoms with Crippen molar-refractivity contribution in [2.75, 3.05) is 52.4 Å². The maximum absolute atomic E-state index is 12.8. The Bertz CT molecular complexity index is 403. The molecule has 4 nitrogen and oxygen atoms in total. The minimum Gasteiger partial charge on any atom is -0.340 e. The largest absolute Gasteiger partial charge is 0.340 e. The highest BCUT2D eigenvalue weighted by atomic mass is 16.2. The van der Waals surface area contributed by atoms with Crippen LogP contribution < -0.4 is 0 Å². The molecule has 0 radical (unpaired) electrons. The van der Waals surface area contributed by atoms with Crippen LogP contribution in [0.5, 0.6) is 0 Å². The molecule has 3 aliphatic rings. The lowest BCUT2D eigenvalue weighted by Crippen LogP contribution is -2.52. The van der Waals surface area contributed by atoms with Crippen molar-refractivity contribution < 1.29 is 4.79 Å². The van der Waals surface area contributed by atoms with Gasteiger partial charge in [-0.15, -0.1) is 0 Å². The summed E-state index contributed by atoms with van der Waals surface area (Å²) in [6.07, 6.45) is 4.92. The van der Waals surface area contributed by atoms with Crippen LogP contribution >= 0.6 is 0 Å². The molecule has 0 aromatic heterocycles. The minimum atomic E-state index is 0.00908. The van der Waals surface area contributed by atoms with Crippen LogP contribution in [0.4, 0.5) is 0 Å². The van der Waals surface area contributed by atoms with Gasteiger partial charge in [-0.25, -0.2) is 0 Å². The fourth-order valence-corrected chi connectivity index (χ4v) is 4.47. The second kappa shape index (κ2) is 7.10. The fourth-order valence-electron chi connectivity index (χ4n) is 4.47. The third-order valence-electron chi connectivity index (χ3n) is 6.65. The van der Waals surface area contributed by atoms with E-state index in [-0.39, 0.29) is 5.41 Å². The summed E-state index contributed by atoms with van der Waals surface area (Å²) < 4.78 is 0. The Hall–Kier alpha value is -0.610. The van der Waals surface area contributed by atoms with E-state index in [0.717, 1.165) is 44.9 Å². The van der Waals surface area contributed by atoms with Gasteiger partial charge in [0.25, 0.3) is 0 Å². The standard InChI is InChI=1S/C19H35N3O/c1-4-20-9-5-17(6-10-20)15-21-11-13-22(14-12-21)18(23)19(7-8-19)16(2)3/h16-17H,4-15H2,1-3H3. The first-order valence-electron chi connectivity index (χ1n) is 9.79. The maximum atomic E-state index is 12.8. The topological polar surface area (TPSA) is 26.8 Å². The number of carbonyl (C=O) groups is 1. The molecule has 0 unspecified atom stereocenters. The van der Waals surface area contributed by atoms with Gasteiger partial charge in [-0.1, -0.05) is 20.8 Å². The molecule has 1 amide bonds. The summed E-state index contributed by atoms with van der Waals surface area (Å²) in [5.74, 6) is 1.81. The predicted octanol–water partition coefficient (Wildman–Crippen LogP) is 2.30. The molecule has 1 aliphatic carbocycles. The molecule has 132 valence electrons. The predicted molar refractivity (Wildman–Crippen MR) is 94.4 cm³/mol. The number of piperazine rings is 1. The third kappa shape index (κ3) is 3.74. The highest BCUT2D eigenvalue weighted by molar-refractivity contribution is 5.85. The molecule has 0 aromatic rings. The van der Waals surface area contributed by atoms with Crippen LogP contribution in [0.15, 0.2) is 0 Å². The first-order chi connectivity index (χ1) is 11.0. The van der Waals surface area contributed by atoms with Crippen molar-refractivity contribution in [2.24, 2.45) is 17.3 Å². The molecule has 0 bridgehead atoms. The third-order valence-corrected chi connectivity index (χ3v) is 6.65. The van der Waals surface area contributed by atoms with Crippen molar-refractivity contribution in [1.29, 1.82) is 0 Å². The Morgan fingerprint density at radius 1 is 1.00 bits per heavy atom. The summed E-state index contributed by atoms with van der Waals surface area (Å²) in [5, 5.41) is 0. The van der Waals surface area contributed by atoms with E-state index >= 15 is 0 Å². The normalized spacial score (nSPS) is 26.7. The number of hydrogen-bond acceptors (Lipinski definition) is 3. The van der Waals surface area contributed by atoms with Crippen molar-refractivity contribution in [1.82, 2.24) is 14.7 Å². The molecular formula is C19H35N3O. The second-order valence-corrected chi connectivity index (χ2v) is 8.28. The molecule has 3 rings (SSSR count). The zero-order valence-electron chi connectivity index (χ0n) is 15.4. The van der Waals surface area contributed by atoms with Crippen molar-refractivity contribution in [2.45, 2.75) is 46.5 Å². The molecular weight excluding hydrogens is 286 g/mol. The quantitative estimate of drug-likeness (QED) is 0.777. The van der Waals surface area contributed by atoms with Crippen molar-refractivity contribution >= 4 is 5.91 Å². The van der Waals surface area contributed by atoms with Crippen LogP contribution in [0.25, 0.3) is 0 Å². The minimum absolute atomic E-state index is 0.00908. The summed E-state index contributed by atoms with van der Waals surface area (Å²) in [7, 11) is 0. The lowest BCUT2D eigenvalue weighted by molar-refractivity contribution is -0.140.